The summed E-state index contributed by atoms with van der Waals surface area (Å²) < 4.78 is 26.2. The molecule has 1 nitrogen and oxygen atoms in total. The molecular weight excluding hydrogens is 299 g/mol. The second-order valence-electron chi connectivity index (χ2n) is 3.63. The van der Waals surface area contributed by atoms with Crippen molar-refractivity contribution < 1.29 is 8.78 Å². The van der Waals surface area contributed by atoms with Gasteiger partial charge in [-0.2, -0.15) is 0 Å². The fraction of sp³-hybridized carbons (Fsp3) is 0.400. The number of rotatable bonds is 2. The Kier molecular flexibility index (Phi) is 2.74. The van der Waals surface area contributed by atoms with Crippen LogP contribution >= 0.6 is 22.6 Å². The Morgan fingerprint density at radius 2 is 1.79 bits per heavy atom. The standard InChI is InChI=1S/C10H10F2IN/c11-10(12)6-14(7-10)5-8-1-3-9(13)4-2-8/h1-4H,5-7H2. The number of hydrogen-bond donors (Lipinski definition) is 0. The maximum absolute atomic E-state index is 12.5. The van der Waals surface area contributed by atoms with Gasteiger partial charge in [0.25, 0.3) is 5.92 Å². The fourth-order valence-electron chi connectivity index (χ4n) is 1.57. The Bertz CT molecular complexity index is 315. The van der Waals surface area contributed by atoms with E-state index in [1.807, 2.05) is 24.3 Å². The number of nitrogens with zero attached hydrogens (tertiary/aromatic N) is 1. The van der Waals surface area contributed by atoms with Crippen LogP contribution in [0.2, 0.25) is 0 Å². The van der Waals surface area contributed by atoms with Crippen molar-refractivity contribution in [1.29, 1.82) is 0 Å². The third-order valence-electron chi connectivity index (χ3n) is 2.23. The normalized spacial score (nSPS) is 20.5. The molecule has 0 N–H and O–H groups in total. The molecule has 0 amide bonds. The highest BCUT2D eigenvalue weighted by Crippen LogP contribution is 2.27. The monoisotopic (exact) mass is 309 g/mol. The molecule has 0 aliphatic carbocycles. The lowest BCUT2D eigenvalue weighted by atomic mass is 10.1. The van der Waals surface area contributed by atoms with Crippen LogP contribution in [0, 0.1) is 3.57 Å². The van der Waals surface area contributed by atoms with E-state index in [4.69, 9.17) is 0 Å². The van der Waals surface area contributed by atoms with Crippen LogP contribution in [-0.2, 0) is 6.54 Å². The summed E-state index contributed by atoms with van der Waals surface area (Å²) in [4.78, 5) is 1.75. The minimum atomic E-state index is -2.46. The second kappa shape index (κ2) is 3.73. The van der Waals surface area contributed by atoms with Crippen LogP contribution in [0.15, 0.2) is 24.3 Å². The van der Waals surface area contributed by atoms with Crippen molar-refractivity contribution in [3.63, 3.8) is 0 Å². The molecule has 1 aliphatic rings. The molecule has 1 aromatic carbocycles. The molecule has 1 aromatic rings. The molecule has 1 fully saturated rings. The Labute approximate surface area is 95.2 Å². The Balaban J connectivity index is 1.90. The number of hydrogen-bond acceptors (Lipinski definition) is 1. The van der Waals surface area contributed by atoms with E-state index in [0.717, 1.165) is 5.56 Å². The maximum Gasteiger partial charge on any atom is 0.272 e. The fourth-order valence-corrected chi connectivity index (χ4v) is 1.93. The van der Waals surface area contributed by atoms with E-state index >= 15 is 0 Å². The molecule has 0 unspecified atom stereocenters. The lowest BCUT2D eigenvalue weighted by molar-refractivity contribution is -0.133. The van der Waals surface area contributed by atoms with Gasteiger partial charge in [0.2, 0.25) is 0 Å². The molecule has 0 radical (unpaired) electrons. The predicted molar refractivity (Wildman–Crippen MR) is 59.4 cm³/mol. The van der Waals surface area contributed by atoms with Crippen LogP contribution in [0.3, 0.4) is 0 Å². The summed E-state index contributed by atoms with van der Waals surface area (Å²) >= 11 is 2.23. The highest BCUT2D eigenvalue weighted by atomic mass is 127. The van der Waals surface area contributed by atoms with Crippen molar-refractivity contribution in [2.24, 2.45) is 0 Å². The van der Waals surface area contributed by atoms with E-state index < -0.39 is 5.92 Å². The average molecular weight is 309 g/mol. The van der Waals surface area contributed by atoms with E-state index in [1.54, 1.807) is 4.90 Å². The summed E-state index contributed by atoms with van der Waals surface area (Å²) in [6.07, 6.45) is 0. The van der Waals surface area contributed by atoms with Gasteiger partial charge in [-0.25, -0.2) is 8.78 Å². The summed E-state index contributed by atoms with van der Waals surface area (Å²) in [5.74, 6) is -2.46. The van der Waals surface area contributed by atoms with Crippen LogP contribution in [0.4, 0.5) is 8.78 Å². The molecule has 2 rings (SSSR count). The first-order chi connectivity index (χ1) is 6.55. The molecule has 4 heteroatoms. The van der Waals surface area contributed by atoms with E-state index in [9.17, 15) is 8.78 Å². The Morgan fingerprint density at radius 3 is 2.29 bits per heavy atom. The largest absolute Gasteiger partial charge is 0.287 e. The van der Waals surface area contributed by atoms with E-state index in [1.165, 1.54) is 3.57 Å². The van der Waals surface area contributed by atoms with Crippen molar-refractivity contribution in [3.8, 4) is 0 Å². The summed E-state index contributed by atoms with van der Waals surface area (Å²) in [6, 6.07) is 7.96. The van der Waals surface area contributed by atoms with Gasteiger partial charge in [0.05, 0.1) is 13.1 Å². The first-order valence-corrected chi connectivity index (χ1v) is 5.48. The van der Waals surface area contributed by atoms with Gasteiger partial charge < -0.3 is 0 Å². The van der Waals surface area contributed by atoms with Crippen LogP contribution in [0.25, 0.3) is 0 Å². The quantitative estimate of drug-likeness (QED) is 0.759. The van der Waals surface area contributed by atoms with Crippen LogP contribution in [-0.4, -0.2) is 23.9 Å². The molecule has 14 heavy (non-hydrogen) atoms. The van der Waals surface area contributed by atoms with Gasteiger partial charge in [0.15, 0.2) is 0 Å². The summed E-state index contributed by atoms with van der Waals surface area (Å²) in [7, 11) is 0. The molecule has 0 aromatic heterocycles. The van der Waals surface area contributed by atoms with E-state index in [-0.39, 0.29) is 13.1 Å². The molecule has 0 atom stereocenters. The first-order valence-electron chi connectivity index (χ1n) is 4.40. The van der Waals surface area contributed by atoms with Crippen molar-refractivity contribution in [3.05, 3.63) is 33.4 Å². The van der Waals surface area contributed by atoms with Gasteiger partial charge >= 0.3 is 0 Å². The van der Waals surface area contributed by atoms with Crippen molar-refractivity contribution >= 4 is 22.6 Å². The zero-order valence-electron chi connectivity index (χ0n) is 7.51. The highest BCUT2D eigenvalue weighted by Gasteiger charge is 2.43. The van der Waals surface area contributed by atoms with Gasteiger partial charge in [-0.05, 0) is 40.3 Å². The zero-order valence-corrected chi connectivity index (χ0v) is 9.67. The Hall–Kier alpha value is -0.230. The molecule has 0 saturated carbocycles. The minimum Gasteiger partial charge on any atom is -0.287 e. The van der Waals surface area contributed by atoms with Crippen LogP contribution in [0.5, 0.6) is 0 Å². The molecule has 0 spiro atoms. The minimum absolute atomic E-state index is 0.0982. The van der Waals surface area contributed by atoms with Gasteiger partial charge in [0.1, 0.15) is 0 Å². The van der Waals surface area contributed by atoms with E-state index in [0.29, 0.717) is 6.54 Å². The van der Waals surface area contributed by atoms with Crippen molar-refractivity contribution in [2.75, 3.05) is 13.1 Å². The van der Waals surface area contributed by atoms with Gasteiger partial charge in [-0.3, -0.25) is 4.90 Å². The zero-order chi connectivity index (χ0) is 10.2. The first kappa shape index (κ1) is 10.3. The molecule has 0 bridgehead atoms. The number of alkyl halides is 2. The third-order valence-corrected chi connectivity index (χ3v) is 2.95. The van der Waals surface area contributed by atoms with Crippen molar-refractivity contribution in [1.82, 2.24) is 4.90 Å². The lowest BCUT2D eigenvalue weighted by Crippen LogP contribution is -2.55. The number of halogens is 3. The summed E-state index contributed by atoms with van der Waals surface area (Å²) in [5, 5.41) is 0. The average Bonchev–Trinajstić information content (AvgIpc) is 2.06. The highest BCUT2D eigenvalue weighted by molar-refractivity contribution is 14.1. The van der Waals surface area contributed by atoms with Crippen LogP contribution in [0.1, 0.15) is 5.56 Å². The second-order valence-corrected chi connectivity index (χ2v) is 4.87. The molecule has 1 aliphatic heterocycles. The molecular formula is C10H10F2IN. The smallest absolute Gasteiger partial charge is 0.272 e. The van der Waals surface area contributed by atoms with Gasteiger partial charge in [-0.1, -0.05) is 12.1 Å². The molecule has 76 valence electrons. The van der Waals surface area contributed by atoms with Gasteiger partial charge in [0, 0.05) is 10.1 Å². The third kappa shape index (κ3) is 2.42. The topological polar surface area (TPSA) is 3.24 Å². The number of likely N-dealkylation sites (tertiary alicyclic amines) is 1. The summed E-state index contributed by atoms with van der Waals surface area (Å²) in [5.41, 5.74) is 1.10. The van der Waals surface area contributed by atoms with Crippen LogP contribution < -0.4 is 0 Å². The van der Waals surface area contributed by atoms with Crippen molar-refractivity contribution in [2.45, 2.75) is 12.5 Å². The van der Waals surface area contributed by atoms with E-state index in [2.05, 4.69) is 22.6 Å². The maximum atomic E-state index is 12.5. The summed E-state index contributed by atoms with van der Waals surface area (Å²) in [6.45, 7) is 0.435. The SMILES string of the molecule is FC1(F)CN(Cc2ccc(I)cc2)C1. The molecule has 1 saturated heterocycles. The van der Waals surface area contributed by atoms with Gasteiger partial charge in [-0.15, -0.1) is 0 Å². The lowest BCUT2D eigenvalue weighted by Gasteiger charge is -2.38. The Morgan fingerprint density at radius 1 is 1.21 bits per heavy atom. The predicted octanol–water partition coefficient (Wildman–Crippen LogP) is 2.74. The molecule has 1 heterocycles. The number of benzene rings is 1.